The fourth-order valence-electron chi connectivity index (χ4n) is 4.12. The van der Waals surface area contributed by atoms with Gasteiger partial charge in [-0.3, -0.25) is 9.69 Å². The molecular formula is C23H24N6O3. The SMILES string of the molecule is O=C1OCc2cc(CCN3CCN(C(=O)Cc4ccc(-n5cncn5)nc4)CC3)ccc21. The van der Waals surface area contributed by atoms with Crippen molar-refractivity contribution in [3.05, 3.63) is 71.4 Å². The third-order valence-electron chi connectivity index (χ3n) is 6.01. The van der Waals surface area contributed by atoms with Gasteiger partial charge in [0.2, 0.25) is 5.91 Å². The standard InChI is InChI=1S/C23H24N6O3/c30-22(12-18-2-4-21(25-13-18)29-16-24-15-26-29)28-9-7-27(8-10-28)6-5-17-1-3-20-19(11-17)14-32-23(20)31/h1-4,11,13,15-16H,5-10,12,14H2. The molecular weight excluding hydrogens is 408 g/mol. The van der Waals surface area contributed by atoms with Crippen LogP contribution in [0.5, 0.6) is 0 Å². The first-order valence-corrected chi connectivity index (χ1v) is 10.7. The number of nitrogens with zero attached hydrogens (tertiary/aromatic N) is 6. The van der Waals surface area contributed by atoms with E-state index in [0.29, 0.717) is 24.4 Å². The quantitative estimate of drug-likeness (QED) is 0.542. The number of ether oxygens (including phenoxy) is 1. The van der Waals surface area contributed by atoms with Crippen LogP contribution in [0.25, 0.3) is 5.82 Å². The van der Waals surface area contributed by atoms with Crippen LogP contribution in [0.2, 0.25) is 0 Å². The van der Waals surface area contributed by atoms with Crippen LogP contribution < -0.4 is 0 Å². The van der Waals surface area contributed by atoms with E-state index in [1.807, 2.05) is 29.2 Å². The number of benzene rings is 1. The Kier molecular flexibility index (Phi) is 5.64. The summed E-state index contributed by atoms with van der Waals surface area (Å²) in [6.07, 6.45) is 6.04. The Balaban J connectivity index is 1.08. The van der Waals surface area contributed by atoms with Crippen molar-refractivity contribution >= 4 is 11.9 Å². The summed E-state index contributed by atoms with van der Waals surface area (Å²) >= 11 is 0. The maximum absolute atomic E-state index is 12.7. The van der Waals surface area contributed by atoms with Gasteiger partial charge in [0.25, 0.3) is 0 Å². The Morgan fingerprint density at radius 1 is 1.06 bits per heavy atom. The molecule has 1 aromatic carbocycles. The van der Waals surface area contributed by atoms with E-state index in [1.165, 1.54) is 11.9 Å². The second-order valence-corrected chi connectivity index (χ2v) is 8.08. The highest BCUT2D eigenvalue weighted by Gasteiger charge is 2.23. The van der Waals surface area contributed by atoms with Crippen LogP contribution in [0, 0.1) is 0 Å². The Morgan fingerprint density at radius 3 is 2.66 bits per heavy atom. The first-order valence-electron chi connectivity index (χ1n) is 10.7. The lowest BCUT2D eigenvalue weighted by molar-refractivity contribution is -0.132. The van der Waals surface area contributed by atoms with Crippen molar-refractivity contribution in [2.75, 3.05) is 32.7 Å². The Bertz CT molecular complexity index is 1110. The van der Waals surface area contributed by atoms with Crippen molar-refractivity contribution in [1.29, 1.82) is 0 Å². The molecule has 9 nitrogen and oxygen atoms in total. The molecule has 2 aromatic heterocycles. The number of carbonyl (C=O) groups is 2. The molecule has 1 amide bonds. The van der Waals surface area contributed by atoms with Gasteiger partial charge in [-0.2, -0.15) is 5.10 Å². The second kappa shape index (κ2) is 8.88. The van der Waals surface area contributed by atoms with Gasteiger partial charge in [0.1, 0.15) is 19.3 Å². The molecule has 0 atom stereocenters. The molecule has 4 heterocycles. The predicted octanol–water partition coefficient (Wildman–Crippen LogP) is 1.26. The van der Waals surface area contributed by atoms with Gasteiger partial charge in [-0.1, -0.05) is 18.2 Å². The minimum Gasteiger partial charge on any atom is -0.457 e. The number of hydrogen-bond acceptors (Lipinski definition) is 7. The normalized spacial score (nSPS) is 16.1. The zero-order chi connectivity index (χ0) is 21.9. The number of carbonyl (C=O) groups excluding carboxylic acids is 2. The van der Waals surface area contributed by atoms with E-state index in [2.05, 4.69) is 26.0 Å². The smallest absolute Gasteiger partial charge is 0.338 e. The lowest BCUT2D eigenvalue weighted by atomic mass is 10.0. The highest BCUT2D eigenvalue weighted by molar-refractivity contribution is 5.93. The molecule has 2 aliphatic rings. The summed E-state index contributed by atoms with van der Waals surface area (Å²) in [5, 5.41) is 4.05. The summed E-state index contributed by atoms with van der Waals surface area (Å²) in [5.41, 5.74) is 3.76. The van der Waals surface area contributed by atoms with Crippen LogP contribution >= 0.6 is 0 Å². The van der Waals surface area contributed by atoms with Gasteiger partial charge in [0, 0.05) is 44.5 Å². The predicted molar refractivity (Wildman–Crippen MR) is 115 cm³/mol. The van der Waals surface area contributed by atoms with Crippen LogP contribution in [-0.2, 0) is 29.0 Å². The Morgan fingerprint density at radius 2 is 1.91 bits per heavy atom. The summed E-state index contributed by atoms with van der Waals surface area (Å²) in [6, 6.07) is 9.70. The zero-order valence-corrected chi connectivity index (χ0v) is 17.7. The number of rotatable bonds is 6. The molecule has 9 heteroatoms. The van der Waals surface area contributed by atoms with Gasteiger partial charge in [0.05, 0.1) is 12.0 Å². The number of piperazine rings is 1. The maximum Gasteiger partial charge on any atom is 0.338 e. The first-order chi connectivity index (χ1) is 15.7. The summed E-state index contributed by atoms with van der Waals surface area (Å²) < 4.78 is 6.66. The van der Waals surface area contributed by atoms with E-state index in [4.69, 9.17) is 4.74 Å². The molecule has 2 aliphatic heterocycles. The van der Waals surface area contributed by atoms with Gasteiger partial charge in [-0.15, -0.1) is 0 Å². The molecule has 0 spiro atoms. The molecule has 0 unspecified atom stereocenters. The van der Waals surface area contributed by atoms with Crippen LogP contribution in [0.15, 0.2) is 49.2 Å². The summed E-state index contributed by atoms with van der Waals surface area (Å²) in [4.78, 5) is 36.9. The summed E-state index contributed by atoms with van der Waals surface area (Å²) in [6.45, 7) is 4.50. The van der Waals surface area contributed by atoms with Crippen molar-refractivity contribution in [2.24, 2.45) is 0 Å². The van der Waals surface area contributed by atoms with Crippen LogP contribution in [0.1, 0.15) is 27.0 Å². The molecule has 0 bridgehead atoms. The van der Waals surface area contributed by atoms with Gasteiger partial charge in [-0.25, -0.2) is 19.4 Å². The first kappa shape index (κ1) is 20.3. The molecule has 0 saturated carbocycles. The highest BCUT2D eigenvalue weighted by atomic mass is 16.5. The number of esters is 1. The Hall–Kier alpha value is -3.59. The van der Waals surface area contributed by atoms with Crippen LogP contribution in [-0.4, -0.2) is 74.1 Å². The molecule has 1 saturated heterocycles. The maximum atomic E-state index is 12.7. The average Bonchev–Trinajstić information content (AvgIpc) is 3.49. The van der Waals surface area contributed by atoms with Crippen molar-refractivity contribution in [2.45, 2.75) is 19.4 Å². The molecule has 5 rings (SSSR count). The van der Waals surface area contributed by atoms with Crippen molar-refractivity contribution in [3.8, 4) is 5.82 Å². The van der Waals surface area contributed by atoms with E-state index in [-0.39, 0.29) is 11.9 Å². The lowest BCUT2D eigenvalue weighted by Gasteiger charge is -2.34. The minimum atomic E-state index is -0.228. The summed E-state index contributed by atoms with van der Waals surface area (Å²) in [5.74, 6) is 0.576. The van der Waals surface area contributed by atoms with Crippen molar-refractivity contribution in [1.82, 2.24) is 29.5 Å². The summed E-state index contributed by atoms with van der Waals surface area (Å²) in [7, 11) is 0. The van der Waals surface area contributed by atoms with E-state index in [0.717, 1.165) is 50.3 Å². The number of pyridine rings is 1. The molecule has 0 aliphatic carbocycles. The third kappa shape index (κ3) is 4.38. The topological polar surface area (TPSA) is 93.5 Å². The lowest BCUT2D eigenvalue weighted by Crippen LogP contribution is -2.49. The molecule has 3 aromatic rings. The minimum absolute atomic E-state index is 0.128. The Labute approximate surface area is 185 Å². The van der Waals surface area contributed by atoms with E-state index >= 15 is 0 Å². The molecule has 1 fully saturated rings. The third-order valence-corrected chi connectivity index (χ3v) is 6.01. The van der Waals surface area contributed by atoms with E-state index in [1.54, 1.807) is 17.2 Å². The molecule has 32 heavy (non-hydrogen) atoms. The average molecular weight is 432 g/mol. The molecule has 0 N–H and O–H groups in total. The van der Waals surface area contributed by atoms with Gasteiger partial charge < -0.3 is 9.64 Å². The largest absolute Gasteiger partial charge is 0.457 e. The van der Waals surface area contributed by atoms with E-state index < -0.39 is 0 Å². The monoisotopic (exact) mass is 432 g/mol. The van der Waals surface area contributed by atoms with Gasteiger partial charge in [0.15, 0.2) is 5.82 Å². The van der Waals surface area contributed by atoms with E-state index in [9.17, 15) is 9.59 Å². The number of fused-ring (bicyclic) bond motifs is 1. The van der Waals surface area contributed by atoms with Crippen molar-refractivity contribution in [3.63, 3.8) is 0 Å². The van der Waals surface area contributed by atoms with Crippen LogP contribution in [0.3, 0.4) is 0 Å². The molecule has 0 radical (unpaired) electrons. The van der Waals surface area contributed by atoms with Crippen molar-refractivity contribution < 1.29 is 14.3 Å². The number of cyclic esters (lactones) is 1. The van der Waals surface area contributed by atoms with Crippen LogP contribution in [0.4, 0.5) is 0 Å². The van der Waals surface area contributed by atoms with Gasteiger partial charge in [-0.05, 0) is 29.7 Å². The molecule has 164 valence electrons. The second-order valence-electron chi connectivity index (χ2n) is 8.08. The fraction of sp³-hybridized carbons (Fsp3) is 0.348. The number of aromatic nitrogens is 4. The number of amides is 1. The highest BCUT2D eigenvalue weighted by Crippen LogP contribution is 2.21. The zero-order valence-electron chi connectivity index (χ0n) is 17.7. The fourth-order valence-corrected chi connectivity index (χ4v) is 4.12. The van der Waals surface area contributed by atoms with Gasteiger partial charge >= 0.3 is 5.97 Å². The number of hydrogen-bond donors (Lipinski definition) is 0.